The molecular formula is C26H24ClN3O4S3. The van der Waals surface area contributed by atoms with Gasteiger partial charge in [0.2, 0.25) is 15.9 Å². The number of aromatic nitrogens is 1. The first-order valence-corrected chi connectivity index (χ1v) is 15.1. The molecule has 1 saturated heterocycles. The number of rotatable bonds is 7. The van der Waals surface area contributed by atoms with Crippen molar-refractivity contribution < 1.29 is 17.9 Å². The molecule has 1 fully saturated rings. The first-order chi connectivity index (χ1) is 17.8. The summed E-state index contributed by atoms with van der Waals surface area (Å²) in [7, 11) is -2.27. The van der Waals surface area contributed by atoms with Crippen molar-refractivity contribution in [2.45, 2.75) is 22.3 Å². The van der Waals surface area contributed by atoms with Crippen molar-refractivity contribution in [3.63, 3.8) is 0 Å². The summed E-state index contributed by atoms with van der Waals surface area (Å²) in [6.45, 7) is 2.39. The van der Waals surface area contributed by atoms with Crippen molar-refractivity contribution in [2.24, 2.45) is 0 Å². The summed E-state index contributed by atoms with van der Waals surface area (Å²) in [4.78, 5) is 19.9. The van der Waals surface area contributed by atoms with Gasteiger partial charge in [-0.2, -0.15) is 4.31 Å². The largest absolute Gasteiger partial charge is 0.497 e. The minimum absolute atomic E-state index is 0.138. The molecule has 11 heteroatoms. The average molecular weight is 574 g/mol. The molecule has 0 bridgehead atoms. The Bertz CT molecular complexity index is 1540. The fourth-order valence-corrected chi connectivity index (χ4v) is 7.91. The Labute approximate surface area is 229 Å². The molecule has 1 amide bonds. The van der Waals surface area contributed by atoms with Gasteiger partial charge < -0.3 is 9.64 Å². The van der Waals surface area contributed by atoms with E-state index < -0.39 is 16.2 Å². The molecule has 0 unspecified atom stereocenters. The van der Waals surface area contributed by atoms with Crippen LogP contribution in [0.2, 0.25) is 5.02 Å². The first kappa shape index (κ1) is 26.0. The molecule has 5 rings (SSSR count). The number of hydrogen-bond acceptors (Lipinski definition) is 7. The van der Waals surface area contributed by atoms with Crippen molar-refractivity contribution >= 4 is 60.8 Å². The SMILES string of the molecule is COc1ccc([C@@H]2N(C(=O)CSc3nc4cc(Cl)ccc4s3)CCN2S(=O)(=O)c2ccc(C)cc2)cc1. The van der Waals surface area contributed by atoms with Gasteiger partial charge in [0.05, 0.1) is 28.0 Å². The van der Waals surface area contributed by atoms with Crippen LogP contribution in [0.25, 0.3) is 10.2 Å². The number of thioether (sulfide) groups is 1. The van der Waals surface area contributed by atoms with Crippen LogP contribution >= 0.6 is 34.7 Å². The monoisotopic (exact) mass is 573 g/mol. The quantitative estimate of drug-likeness (QED) is 0.268. The van der Waals surface area contributed by atoms with Gasteiger partial charge >= 0.3 is 0 Å². The maximum absolute atomic E-state index is 13.7. The van der Waals surface area contributed by atoms with Gasteiger partial charge in [0, 0.05) is 18.1 Å². The second-order valence-corrected chi connectivity index (χ2v) is 13.1. The van der Waals surface area contributed by atoms with E-state index in [0.717, 1.165) is 20.1 Å². The van der Waals surface area contributed by atoms with Gasteiger partial charge in [-0.15, -0.1) is 11.3 Å². The molecule has 0 saturated carbocycles. The molecule has 0 aliphatic carbocycles. The number of fused-ring (bicyclic) bond motifs is 1. The van der Waals surface area contributed by atoms with E-state index in [4.69, 9.17) is 16.3 Å². The number of carbonyl (C=O) groups excluding carboxylic acids is 1. The number of hydrogen-bond donors (Lipinski definition) is 0. The lowest BCUT2D eigenvalue weighted by Gasteiger charge is -2.30. The molecular weight excluding hydrogens is 550 g/mol. The van der Waals surface area contributed by atoms with Gasteiger partial charge in [-0.25, -0.2) is 13.4 Å². The second kappa shape index (κ2) is 10.6. The van der Waals surface area contributed by atoms with Crippen molar-refractivity contribution in [2.75, 3.05) is 26.0 Å². The zero-order valence-corrected chi connectivity index (χ0v) is 23.3. The standard InChI is InChI=1S/C26H24ClN3O4S3/c1-17-3-10-21(11-4-17)37(32,33)30-14-13-29(25(30)18-5-8-20(34-2)9-6-18)24(31)16-35-26-28-22-15-19(27)7-12-23(22)36-26/h3-12,15,25H,13-14,16H2,1-2H3/t25-/m1/s1. The average Bonchev–Trinajstić information content (AvgIpc) is 3.52. The van der Waals surface area contributed by atoms with Crippen molar-refractivity contribution in [3.05, 3.63) is 82.9 Å². The number of amides is 1. The van der Waals surface area contributed by atoms with Crippen LogP contribution in [0.3, 0.4) is 0 Å². The lowest BCUT2D eigenvalue weighted by Crippen LogP contribution is -2.38. The molecule has 0 N–H and O–H groups in total. The molecule has 7 nitrogen and oxygen atoms in total. The maximum Gasteiger partial charge on any atom is 0.245 e. The van der Waals surface area contributed by atoms with E-state index in [9.17, 15) is 13.2 Å². The normalized spacial score (nSPS) is 16.4. The number of sulfonamides is 1. The number of nitrogens with zero attached hydrogens (tertiary/aromatic N) is 3. The molecule has 1 aliphatic heterocycles. The number of ether oxygens (including phenoxy) is 1. The van der Waals surface area contributed by atoms with Gasteiger partial charge in [0.15, 0.2) is 4.34 Å². The number of aryl methyl sites for hydroxylation is 1. The van der Waals surface area contributed by atoms with Crippen molar-refractivity contribution in [1.82, 2.24) is 14.2 Å². The maximum atomic E-state index is 13.7. The number of carbonyl (C=O) groups is 1. The Morgan fingerprint density at radius 2 is 1.84 bits per heavy atom. The number of benzene rings is 3. The van der Waals surface area contributed by atoms with Crippen LogP contribution in [0.1, 0.15) is 17.3 Å². The van der Waals surface area contributed by atoms with E-state index in [-0.39, 0.29) is 29.6 Å². The summed E-state index contributed by atoms with van der Waals surface area (Å²) in [6.07, 6.45) is -0.764. The van der Waals surface area contributed by atoms with Gasteiger partial charge in [0.25, 0.3) is 0 Å². The number of thiazole rings is 1. The predicted molar refractivity (Wildman–Crippen MR) is 148 cm³/mol. The molecule has 1 aromatic heterocycles. The smallest absolute Gasteiger partial charge is 0.245 e. The van der Waals surface area contributed by atoms with E-state index in [1.807, 2.05) is 19.1 Å². The molecule has 37 heavy (non-hydrogen) atoms. The molecule has 3 aromatic carbocycles. The molecule has 1 aliphatic rings. The lowest BCUT2D eigenvalue weighted by molar-refractivity contribution is -0.130. The van der Waals surface area contributed by atoms with Crippen LogP contribution in [-0.4, -0.2) is 54.5 Å². The van der Waals surface area contributed by atoms with E-state index in [2.05, 4.69) is 4.98 Å². The van der Waals surface area contributed by atoms with Crippen LogP contribution in [-0.2, 0) is 14.8 Å². The third-order valence-corrected chi connectivity index (χ3v) is 10.4. The topological polar surface area (TPSA) is 79.8 Å². The predicted octanol–water partition coefficient (Wildman–Crippen LogP) is 5.59. The third-order valence-electron chi connectivity index (χ3n) is 6.14. The van der Waals surface area contributed by atoms with Crippen LogP contribution in [0.5, 0.6) is 5.75 Å². The highest BCUT2D eigenvalue weighted by Gasteiger charge is 2.43. The fraction of sp³-hybridized carbons (Fsp3) is 0.231. The summed E-state index contributed by atoms with van der Waals surface area (Å²) in [5.74, 6) is 0.627. The first-order valence-electron chi connectivity index (χ1n) is 11.5. The highest BCUT2D eigenvalue weighted by atomic mass is 35.5. The molecule has 0 spiro atoms. The van der Waals surface area contributed by atoms with E-state index in [1.165, 1.54) is 27.4 Å². The highest BCUT2D eigenvalue weighted by molar-refractivity contribution is 8.01. The summed E-state index contributed by atoms with van der Waals surface area (Å²) in [5.41, 5.74) is 2.46. The molecule has 1 atom stereocenters. The van der Waals surface area contributed by atoms with E-state index in [1.54, 1.807) is 66.6 Å². The Morgan fingerprint density at radius 1 is 1.11 bits per heavy atom. The van der Waals surface area contributed by atoms with Crippen molar-refractivity contribution in [3.8, 4) is 5.75 Å². The van der Waals surface area contributed by atoms with Crippen molar-refractivity contribution in [1.29, 1.82) is 0 Å². The van der Waals surface area contributed by atoms with Crippen LogP contribution in [0.4, 0.5) is 0 Å². The zero-order valence-electron chi connectivity index (χ0n) is 20.1. The highest BCUT2D eigenvalue weighted by Crippen LogP contribution is 2.37. The van der Waals surface area contributed by atoms with E-state index in [0.29, 0.717) is 16.3 Å². The van der Waals surface area contributed by atoms with E-state index >= 15 is 0 Å². The summed E-state index contributed by atoms with van der Waals surface area (Å²) in [6, 6.07) is 19.4. The molecule has 2 heterocycles. The minimum atomic E-state index is -3.84. The second-order valence-electron chi connectivity index (χ2n) is 8.54. The minimum Gasteiger partial charge on any atom is -0.497 e. The van der Waals surface area contributed by atoms with Gasteiger partial charge in [-0.3, -0.25) is 4.79 Å². The Kier molecular flexibility index (Phi) is 7.46. The van der Waals surface area contributed by atoms with Crippen LogP contribution in [0, 0.1) is 6.92 Å². The number of halogens is 1. The summed E-state index contributed by atoms with van der Waals surface area (Å²) in [5, 5.41) is 0.611. The lowest BCUT2D eigenvalue weighted by atomic mass is 10.1. The Hall–Kier alpha value is -2.63. The zero-order chi connectivity index (χ0) is 26.2. The Balaban J connectivity index is 1.42. The van der Waals surface area contributed by atoms with Gasteiger partial charge in [-0.05, 0) is 55.0 Å². The molecule has 192 valence electrons. The molecule has 4 aromatic rings. The summed E-state index contributed by atoms with van der Waals surface area (Å²) < 4.78 is 35.8. The third kappa shape index (κ3) is 5.35. The van der Waals surface area contributed by atoms with Gasteiger partial charge in [0.1, 0.15) is 11.9 Å². The van der Waals surface area contributed by atoms with Crippen LogP contribution < -0.4 is 4.74 Å². The van der Waals surface area contributed by atoms with Crippen LogP contribution in [0.15, 0.2) is 76.0 Å². The summed E-state index contributed by atoms with van der Waals surface area (Å²) >= 11 is 8.91. The molecule has 0 radical (unpaired) electrons. The fourth-order valence-electron chi connectivity index (χ4n) is 4.23. The number of methoxy groups -OCH3 is 1. The Morgan fingerprint density at radius 3 is 2.54 bits per heavy atom. The van der Waals surface area contributed by atoms with Gasteiger partial charge in [-0.1, -0.05) is 53.2 Å².